The number of halogens is 5. The molecule has 20 heavy (non-hydrogen) atoms. The van der Waals surface area contributed by atoms with Crippen molar-refractivity contribution in [2.24, 2.45) is 0 Å². The first-order valence-corrected chi connectivity index (χ1v) is 6.40. The molecule has 0 spiro atoms. The van der Waals surface area contributed by atoms with E-state index in [1.807, 2.05) is 0 Å². The summed E-state index contributed by atoms with van der Waals surface area (Å²) < 4.78 is 63.4. The van der Waals surface area contributed by atoms with Gasteiger partial charge < -0.3 is 5.32 Å². The summed E-state index contributed by atoms with van der Waals surface area (Å²) in [7, 11) is 0. The Morgan fingerprint density at radius 2 is 2.05 bits per heavy atom. The van der Waals surface area contributed by atoms with Crippen molar-refractivity contribution in [2.45, 2.75) is 43.8 Å². The molecule has 7 heteroatoms. The Morgan fingerprint density at radius 1 is 1.30 bits per heavy atom. The van der Waals surface area contributed by atoms with E-state index in [0.29, 0.717) is 18.5 Å². The van der Waals surface area contributed by atoms with Crippen molar-refractivity contribution in [3.63, 3.8) is 0 Å². The molecule has 0 saturated carbocycles. The van der Waals surface area contributed by atoms with Crippen LogP contribution in [0.3, 0.4) is 0 Å². The summed E-state index contributed by atoms with van der Waals surface area (Å²) in [6, 6.07) is 1.94. The molecule has 2 heterocycles. The van der Waals surface area contributed by atoms with Crippen LogP contribution in [0.4, 0.5) is 22.0 Å². The zero-order valence-corrected chi connectivity index (χ0v) is 10.7. The minimum absolute atomic E-state index is 0.165. The molecule has 1 N–H and O–H groups in total. The number of hydrogen-bond acceptors (Lipinski definition) is 2. The van der Waals surface area contributed by atoms with Gasteiger partial charge in [0.05, 0.1) is 5.56 Å². The summed E-state index contributed by atoms with van der Waals surface area (Å²) in [4.78, 5) is 3.73. The summed E-state index contributed by atoms with van der Waals surface area (Å²) >= 11 is 0. The maximum absolute atomic E-state index is 13.2. The lowest BCUT2D eigenvalue weighted by molar-refractivity contribution is -0.137. The highest BCUT2D eigenvalue weighted by atomic mass is 19.4. The van der Waals surface area contributed by atoms with Crippen molar-refractivity contribution in [1.82, 2.24) is 10.3 Å². The smallest absolute Gasteiger partial charge is 0.314 e. The van der Waals surface area contributed by atoms with Crippen LogP contribution in [-0.4, -0.2) is 23.5 Å². The molecule has 1 saturated heterocycles. The maximum atomic E-state index is 13.2. The SMILES string of the molecule is FC1(F)CCNC(CCc2ccc(C(F)(F)F)cn2)C1. The van der Waals surface area contributed by atoms with Crippen LogP contribution in [0, 0.1) is 0 Å². The van der Waals surface area contributed by atoms with Gasteiger partial charge in [0.1, 0.15) is 0 Å². The van der Waals surface area contributed by atoms with Crippen molar-refractivity contribution in [1.29, 1.82) is 0 Å². The third-order valence-electron chi connectivity index (χ3n) is 3.37. The number of piperidine rings is 1. The third-order valence-corrected chi connectivity index (χ3v) is 3.37. The van der Waals surface area contributed by atoms with Gasteiger partial charge in [0, 0.05) is 37.3 Å². The van der Waals surface area contributed by atoms with E-state index in [0.717, 1.165) is 12.3 Å². The van der Waals surface area contributed by atoms with E-state index >= 15 is 0 Å². The largest absolute Gasteiger partial charge is 0.417 e. The zero-order valence-electron chi connectivity index (χ0n) is 10.7. The predicted molar refractivity (Wildman–Crippen MR) is 63.5 cm³/mol. The topological polar surface area (TPSA) is 24.9 Å². The summed E-state index contributed by atoms with van der Waals surface area (Å²) in [5.41, 5.74) is -0.322. The number of hydrogen-bond donors (Lipinski definition) is 1. The normalized spacial score (nSPS) is 22.8. The van der Waals surface area contributed by atoms with Gasteiger partial charge >= 0.3 is 6.18 Å². The molecule has 1 aromatic heterocycles. The number of nitrogens with zero attached hydrogens (tertiary/aromatic N) is 1. The summed E-state index contributed by atoms with van der Waals surface area (Å²) in [5, 5.41) is 2.99. The zero-order chi connectivity index (χ0) is 14.8. The van der Waals surface area contributed by atoms with Gasteiger partial charge in [-0.25, -0.2) is 8.78 Å². The van der Waals surface area contributed by atoms with E-state index in [2.05, 4.69) is 10.3 Å². The van der Waals surface area contributed by atoms with E-state index < -0.39 is 17.7 Å². The average Bonchev–Trinajstić information content (AvgIpc) is 2.35. The van der Waals surface area contributed by atoms with Crippen LogP contribution >= 0.6 is 0 Å². The van der Waals surface area contributed by atoms with Crippen LogP contribution in [0.25, 0.3) is 0 Å². The van der Waals surface area contributed by atoms with Crippen LogP contribution in [0.2, 0.25) is 0 Å². The minimum atomic E-state index is -4.40. The number of aromatic nitrogens is 1. The molecule has 1 fully saturated rings. The summed E-state index contributed by atoms with van der Waals surface area (Å²) in [5.74, 6) is -2.65. The van der Waals surface area contributed by atoms with Crippen molar-refractivity contribution in [3.05, 3.63) is 29.6 Å². The number of nitrogens with one attached hydrogen (secondary N) is 1. The molecule has 0 aliphatic carbocycles. The molecule has 0 bridgehead atoms. The molecular weight excluding hydrogens is 279 g/mol. The number of pyridine rings is 1. The van der Waals surface area contributed by atoms with E-state index in [4.69, 9.17) is 0 Å². The maximum Gasteiger partial charge on any atom is 0.417 e. The van der Waals surface area contributed by atoms with E-state index in [1.165, 1.54) is 6.07 Å². The molecule has 2 rings (SSSR count). The summed E-state index contributed by atoms with van der Waals surface area (Å²) in [6.07, 6.45) is -3.20. The highest BCUT2D eigenvalue weighted by Gasteiger charge is 2.35. The van der Waals surface area contributed by atoms with Crippen molar-refractivity contribution < 1.29 is 22.0 Å². The Labute approximate surface area is 113 Å². The third kappa shape index (κ3) is 4.13. The van der Waals surface area contributed by atoms with Gasteiger partial charge in [0.25, 0.3) is 5.92 Å². The number of aryl methyl sites for hydroxylation is 1. The molecule has 2 nitrogen and oxygen atoms in total. The molecule has 1 aromatic rings. The van der Waals surface area contributed by atoms with Gasteiger partial charge in [-0.05, 0) is 25.0 Å². The number of alkyl halides is 5. The van der Waals surface area contributed by atoms with E-state index in [1.54, 1.807) is 0 Å². The fraction of sp³-hybridized carbons (Fsp3) is 0.615. The second kappa shape index (κ2) is 5.63. The second-order valence-corrected chi connectivity index (χ2v) is 5.04. The number of rotatable bonds is 3. The fourth-order valence-electron chi connectivity index (χ4n) is 2.26. The van der Waals surface area contributed by atoms with Crippen LogP contribution < -0.4 is 5.32 Å². The highest BCUT2D eigenvalue weighted by molar-refractivity contribution is 5.17. The Balaban J connectivity index is 1.88. The van der Waals surface area contributed by atoms with Crippen molar-refractivity contribution in [3.8, 4) is 0 Å². The average molecular weight is 294 g/mol. The molecule has 1 aliphatic heterocycles. The molecule has 0 radical (unpaired) electrons. The van der Waals surface area contributed by atoms with Gasteiger partial charge in [-0.2, -0.15) is 13.2 Å². The molecule has 0 amide bonds. The van der Waals surface area contributed by atoms with Gasteiger partial charge in [-0.3, -0.25) is 4.98 Å². The van der Waals surface area contributed by atoms with Gasteiger partial charge in [-0.1, -0.05) is 0 Å². The van der Waals surface area contributed by atoms with Gasteiger partial charge in [0.15, 0.2) is 0 Å². The first kappa shape index (κ1) is 15.2. The van der Waals surface area contributed by atoms with Crippen molar-refractivity contribution >= 4 is 0 Å². The lowest BCUT2D eigenvalue weighted by Gasteiger charge is -2.30. The Hall–Kier alpha value is -1.24. The first-order valence-electron chi connectivity index (χ1n) is 6.40. The lowest BCUT2D eigenvalue weighted by Crippen LogP contribution is -2.43. The Kier molecular flexibility index (Phi) is 4.27. The van der Waals surface area contributed by atoms with Gasteiger partial charge in [0.2, 0.25) is 0 Å². The van der Waals surface area contributed by atoms with E-state index in [-0.39, 0.29) is 25.4 Å². The van der Waals surface area contributed by atoms with Crippen LogP contribution in [0.5, 0.6) is 0 Å². The molecule has 0 aromatic carbocycles. The quantitative estimate of drug-likeness (QED) is 0.864. The molecule has 1 atom stereocenters. The fourth-order valence-corrected chi connectivity index (χ4v) is 2.26. The first-order chi connectivity index (χ1) is 9.26. The summed E-state index contributed by atoms with van der Waals surface area (Å²) in [6.45, 7) is 0.262. The second-order valence-electron chi connectivity index (χ2n) is 5.04. The van der Waals surface area contributed by atoms with Crippen LogP contribution in [0.15, 0.2) is 18.3 Å². The molecular formula is C13H15F5N2. The van der Waals surface area contributed by atoms with Crippen molar-refractivity contribution in [2.75, 3.05) is 6.54 Å². The van der Waals surface area contributed by atoms with E-state index in [9.17, 15) is 22.0 Å². The highest BCUT2D eigenvalue weighted by Crippen LogP contribution is 2.30. The molecule has 1 unspecified atom stereocenters. The lowest BCUT2D eigenvalue weighted by atomic mass is 9.96. The molecule has 112 valence electrons. The molecule has 1 aliphatic rings. The Bertz CT molecular complexity index is 441. The Morgan fingerprint density at radius 3 is 2.60 bits per heavy atom. The minimum Gasteiger partial charge on any atom is -0.314 e. The van der Waals surface area contributed by atoms with Crippen LogP contribution in [-0.2, 0) is 12.6 Å². The monoisotopic (exact) mass is 294 g/mol. The predicted octanol–water partition coefficient (Wildman–Crippen LogP) is 3.42. The standard InChI is InChI=1S/C13H15F5N2/c14-12(15)5-6-19-11(7-12)4-3-10-2-1-9(8-20-10)13(16,17)18/h1-2,8,11,19H,3-7H2. The van der Waals surface area contributed by atoms with Crippen LogP contribution in [0.1, 0.15) is 30.5 Å². The van der Waals surface area contributed by atoms with Gasteiger partial charge in [-0.15, -0.1) is 0 Å².